The second-order valence-electron chi connectivity index (χ2n) is 4.91. The predicted octanol–water partition coefficient (Wildman–Crippen LogP) is 2.41. The summed E-state index contributed by atoms with van der Waals surface area (Å²) in [7, 11) is 0. The van der Waals surface area contributed by atoms with E-state index in [9.17, 15) is 9.59 Å². The fourth-order valence-corrected chi connectivity index (χ4v) is 1.75. The molecule has 0 aromatic heterocycles. The van der Waals surface area contributed by atoms with Crippen LogP contribution in [0.15, 0.2) is 18.2 Å². The highest BCUT2D eigenvalue weighted by atomic mass is 16.4. The first-order valence-electron chi connectivity index (χ1n) is 6.81. The first kappa shape index (κ1) is 16.0. The van der Waals surface area contributed by atoms with E-state index in [0.717, 1.165) is 12.0 Å². The number of carboxylic acids is 1. The third kappa shape index (κ3) is 4.91. The average molecular weight is 278 g/mol. The van der Waals surface area contributed by atoms with E-state index in [2.05, 4.69) is 10.6 Å². The van der Waals surface area contributed by atoms with E-state index >= 15 is 0 Å². The van der Waals surface area contributed by atoms with Gasteiger partial charge < -0.3 is 15.7 Å². The molecule has 0 aliphatic rings. The molecule has 1 aromatic carbocycles. The Morgan fingerprint density at radius 2 is 2.05 bits per heavy atom. The molecular weight excluding hydrogens is 256 g/mol. The molecule has 110 valence electrons. The number of anilines is 1. The van der Waals surface area contributed by atoms with E-state index in [0.29, 0.717) is 18.7 Å². The molecule has 5 nitrogen and oxygen atoms in total. The Morgan fingerprint density at radius 1 is 1.35 bits per heavy atom. The zero-order chi connectivity index (χ0) is 15.1. The van der Waals surface area contributed by atoms with Crippen molar-refractivity contribution in [1.29, 1.82) is 0 Å². The Labute approximate surface area is 119 Å². The van der Waals surface area contributed by atoms with Crippen molar-refractivity contribution in [3.8, 4) is 0 Å². The van der Waals surface area contributed by atoms with Gasteiger partial charge in [0.1, 0.15) is 0 Å². The third-order valence-electron chi connectivity index (χ3n) is 3.09. The molecule has 1 amide bonds. The van der Waals surface area contributed by atoms with Crippen molar-refractivity contribution in [3.05, 3.63) is 29.3 Å². The summed E-state index contributed by atoms with van der Waals surface area (Å²) in [5.74, 6) is -1.01. The molecule has 1 atom stereocenters. The highest BCUT2D eigenvalue weighted by Crippen LogP contribution is 2.17. The summed E-state index contributed by atoms with van der Waals surface area (Å²) in [5, 5.41) is 15.0. The molecule has 1 rings (SSSR count). The van der Waals surface area contributed by atoms with Gasteiger partial charge >= 0.3 is 5.97 Å². The second kappa shape index (κ2) is 7.53. The predicted molar refractivity (Wildman–Crippen MR) is 79.1 cm³/mol. The zero-order valence-corrected chi connectivity index (χ0v) is 12.2. The normalized spacial score (nSPS) is 11.8. The van der Waals surface area contributed by atoms with Gasteiger partial charge in [-0.2, -0.15) is 0 Å². The van der Waals surface area contributed by atoms with Gasteiger partial charge in [0, 0.05) is 24.7 Å². The summed E-state index contributed by atoms with van der Waals surface area (Å²) >= 11 is 0. The monoisotopic (exact) mass is 278 g/mol. The number of nitrogens with one attached hydrogen (secondary N) is 2. The highest BCUT2D eigenvalue weighted by Gasteiger charge is 2.10. The smallest absolute Gasteiger partial charge is 0.337 e. The lowest BCUT2D eigenvalue weighted by Gasteiger charge is -2.13. The molecule has 0 aliphatic carbocycles. The lowest BCUT2D eigenvalue weighted by Crippen LogP contribution is -2.33. The van der Waals surface area contributed by atoms with Crippen LogP contribution in [0.3, 0.4) is 0 Å². The Morgan fingerprint density at radius 3 is 2.65 bits per heavy atom. The van der Waals surface area contributed by atoms with Crippen molar-refractivity contribution in [2.45, 2.75) is 39.7 Å². The van der Waals surface area contributed by atoms with Gasteiger partial charge in [0.15, 0.2) is 0 Å². The minimum atomic E-state index is -0.975. The fraction of sp³-hybridized carbons (Fsp3) is 0.467. The molecule has 1 unspecified atom stereocenters. The van der Waals surface area contributed by atoms with Crippen LogP contribution in [-0.2, 0) is 4.79 Å². The van der Waals surface area contributed by atoms with E-state index in [1.54, 1.807) is 18.2 Å². The van der Waals surface area contributed by atoms with Crippen LogP contribution < -0.4 is 10.6 Å². The van der Waals surface area contributed by atoms with Gasteiger partial charge in [0.25, 0.3) is 0 Å². The van der Waals surface area contributed by atoms with Crippen LogP contribution in [0.25, 0.3) is 0 Å². The van der Waals surface area contributed by atoms with Crippen molar-refractivity contribution >= 4 is 17.6 Å². The van der Waals surface area contributed by atoms with Gasteiger partial charge in [-0.1, -0.05) is 13.0 Å². The Bertz CT molecular complexity index is 486. The van der Waals surface area contributed by atoms with Gasteiger partial charge in [-0.15, -0.1) is 0 Å². The highest BCUT2D eigenvalue weighted by molar-refractivity contribution is 5.94. The van der Waals surface area contributed by atoms with Gasteiger partial charge in [-0.05, 0) is 38.0 Å². The maximum Gasteiger partial charge on any atom is 0.337 e. The van der Waals surface area contributed by atoms with Crippen LogP contribution in [-0.4, -0.2) is 29.6 Å². The summed E-state index contributed by atoms with van der Waals surface area (Å²) in [6, 6.07) is 5.26. The first-order valence-corrected chi connectivity index (χ1v) is 6.81. The second-order valence-corrected chi connectivity index (χ2v) is 4.91. The minimum Gasteiger partial charge on any atom is -0.478 e. The number of hydrogen-bond donors (Lipinski definition) is 3. The number of carbonyl (C=O) groups is 2. The number of rotatable bonds is 7. The number of benzene rings is 1. The number of carboxylic acid groups (broad SMARTS) is 1. The lowest BCUT2D eigenvalue weighted by atomic mass is 10.1. The van der Waals surface area contributed by atoms with Crippen LogP contribution in [0.2, 0.25) is 0 Å². The Balaban J connectivity index is 2.55. The largest absolute Gasteiger partial charge is 0.478 e. The van der Waals surface area contributed by atoms with Crippen LogP contribution in [0.1, 0.15) is 42.6 Å². The van der Waals surface area contributed by atoms with E-state index in [-0.39, 0.29) is 17.5 Å². The fourth-order valence-electron chi connectivity index (χ4n) is 1.75. The van der Waals surface area contributed by atoms with Crippen molar-refractivity contribution in [1.82, 2.24) is 5.32 Å². The van der Waals surface area contributed by atoms with Gasteiger partial charge in [0.2, 0.25) is 5.91 Å². The van der Waals surface area contributed by atoms with E-state index in [1.807, 2.05) is 20.8 Å². The summed E-state index contributed by atoms with van der Waals surface area (Å²) in [6.07, 6.45) is 1.21. The van der Waals surface area contributed by atoms with Crippen LogP contribution in [0.5, 0.6) is 0 Å². The van der Waals surface area contributed by atoms with E-state index in [4.69, 9.17) is 5.11 Å². The van der Waals surface area contributed by atoms with Crippen molar-refractivity contribution in [2.75, 3.05) is 11.9 Å². The summed E-state index contributed by atoms with van der Waals surface area (Å²) in [6.45, 7) is 6.27. The summed E-state index contributed by atoms with van der Waals surface area (Å²) in [5.41, 5.74) is 1.74. The van der Waals surface area contributed by atoms with Gasteiger partial charge in [-0.25, -0.2) is 4.79 Å². The molecule has 0 saturated heterocycles. The summed E-state index contributed by atoms with van der Waals surface area (Å²) in [4.78, 5) is 22.7. The molecule has 0 heterocycles. The average Bonchev–Trinajstić information content (AvgIpc) is 2.38. The minimum absolute atomic E-state index is 0.0311. The van der Waals surface area contributed by atoms with Crippen molar-refractivity contribution in [2.24, 2.45) is 0 Å². The van der Waals surface area contributed by atoms with E-state index in [1.165, 1.54) is 0 Å². The van der Waals surface area contributed by atoms with Crippen molar-refractivity contribution < 1.29 is 14.7 Å². The topological polar surface area (TPSA) is 78.4 Å². The molecule has 0 spiro atoms. The Hall–Kier alpha value is -2.04. The zero-order valence-electron chi connectivity index (χ0n) is 12.2. The Kier molecular flexibility index (Phi) is 6.03. The molecular formula is C15H22N2O3. The molecule has 0 aliphatic heterocycles. The third-order valence-corrected chi connectivity index (χ3v) is 3.09. The summed E-state index contributed by atoms with van der Waals surface area (Å²) < 4.78 is 0. The quantitative estimate of drug-likeness (QED) is 0.715. The number of aryl methyl sites for hydroxylation is 1. The van der Waals surface area contributed by atoms with Crippen LogP contribution >= 0.6 is 0 Å². The van der Waals surface area contributed by atoms with Crippen LogP contribution in [0.4, 0.5) is 5.69 Å². The molecule has 0 bridgehead atoms. The lowest BCUT2D eigenvalue weighted by molar-refractivity contribution is -0.121. The molecule has 1 aromatic rings. The van der Waals surface area contributed by atoms with Gasteiger partial charge in [0.05, 0.1) is 5.56 Å². The molecule has 0 radical (unpaired) electrons. The number of aromatic carboxylic acids is 1. The van der Waals surface area contributed by atoms with Crippen molar-refractivity contribution in [3.63, 3.8) is 0 Å². The SMILES string of the molecule is CCC(C)NC(=O)CCNc1cc(C)ccc1C(=O)O. The molecule has 5 heteroatoms. The molecule has 20 heavy (non-hydrogen) atoms. The molecule has 0 saturated carbocycles. The van der Waals surface area contributed by atoms with Crippen LogP contribution in [0, 0.1) is 6.92 Å². The number of carbonyl (C=O) groups excluding carboxylic acids is 1. The maximum atomic E-state index is 11.6. The molecule has 0 fully saturated rings. The van der Waals surface area contributed by atoms with Gasteiger partial charge in [-0.3, -0.25) is 4.79 Å². The first-order chi connectivity index (χ1) is 9.43. The molecule has 3 N–H and O–H groups in total. The standard InChI is InChI=1S/C15H22N2O3/c1-4-11(3)17-14(18)7-8-16-13-9-10(2)5-6-12(13)15(19)20/h5-6,9,11,16H,4,7-8H2,1-3H3,(H,17,18)(H,19,20). The maximum absolute atomic E-state index is 11.6. The van der Waals surface area contributed by atoms with E-state index < -0.39 is 5.97 Å². The number of hydrogen-bond acceptors (Lipinski definition) is 3. The number of amides is 1.